The van der Waals surface area contributed by atoms with Crippen LogP contribution in [0.25, 0.3) is 11.3 Å². The molecular weight excluding hydrogens is 238 g/mol. The van der Waals surface area contributed by atoms with Gasteiger partial charge in [0.1, 0.15) is 0 Å². The lowest BCUT2D eigenvalue weighted by molar-refractivity contribution is 0.0788. The number of hydrogen-bond acceptors (Lipinski definition) is 2. The van der Waals surface area contributed by atoms with Crippen LogP contribution in [0.3, 0.4) is 0 Å². The normalized spacial score (nSPS) is 14.9. The topological polar surface area (TPSA) is 38.1 Å². The largest absolute Gasteiger partial charge is 0.337 e. The van der Waals surface area contributed by atoms with Gasteiger partial charge < -0.3 is 9.47 Å². The Morgan fingerprint density at radius 3 is 2.53 bits per heavy atom. The van der Waals surface area contributed by atoms with Gasteiger partial charge in [-0.25, -0.2) is 4.98 Å². The molecule has 4 heteroatoms. The molecular formula is C15H17N3O. The molecule has 2 heterocycles. The van der Waals surface area contributed by atoms with Crippen LogP contribution < -0.4 is 0 Å². The van der Waals surface area contributed by atoms with Crippen molar-refractivity contribution in [2.24, 2.45) is 7.05 Å². The van der Waals surface area contributed by atoms with E-state index in [0.717, 1.165) is 37.2 Å². The molecule has 98 valence electrons. The Morgan fingerprint density at radius 2 is 1.84 bits per heavy atom. The van der Waals surface area contributed by atoms with Crippen molar-refractivity contribution in [2.75, 3.05) is 13.1 Å². The van der Waals surface area contributed by atoms with E-state index in [1.807, 2.05) is 46.8 Å². The summed E-state index contributed by atoms with van der Waals surface area (Å²) in [6, 6.07) is 9.95. The first kappa shape index (κ1) is 12.0. The van der Waals surface area contributed by atoms with Crippen molar-refractivity contribution in [1.29, 1.82) is 0 Å². The van der Waals surface area contributed by atoms with Crippen LogP contribution in [0.4, 0.5) is 0 Å². The third-order valence-corrected chi connectivity index (χ3v) is 3.58. The summed E-state index contributed by atoms with van der Waals surface area (Å²) in [5.41, 5.74) is 2.50. The SMILES string of the molecule is Cn1cnc(C(=O)N2CCCC2)c1-c1ccccc1. The molecule has 4 nitrogen and oxygen atoms in total. The number of carbonyl (C=O) groups is 1. The Morgan fingerprint density at radius 1 is 1.16 bits per heavy atom. The molecule has 1 aromatic heterocycles. The van der Waals surface area contributed by atoms with Crippen LogP contribution in [0.1, 0.15) is 23.3 Å². The molecule has 0 radical (unpaired) electrons. The van der Waals surface area contributed by atoms with Crippen LogP contribution in [0.5, 0.6) is 0 Å². The minimum Gasteiger partial charge on any atom is -0.337 e. The number of aromatic nitrogens is 2. The molecule has 1 aliphatic rings. The molecule has 0 aliphatic carbocycles. The fraction of sp³-hybridized carbons (Fsp3) is 0.333. The number of rotatable bonds is 2. The van der Waals surface area contributed by atoms with Crippen LogP contribution in [0.2, 0.25) is 0 Å². The lowest BCUT2D eigenvalue weighted by Gasteiger charge is -2.15. The summed E-state index contributed by atoms with van der Waals surface area (Å²) in [7, 11) is 1.93. The first-order valence-corrected chi connectivity index (χ1v) is 6.63. The Bertz CT molecular complexity index is 583. The molecule has 0 unspecified atom stereocenters. The zero-order valence-corrected chi connectivity index (χ0v) is 11.0. The minimum absolute atomic E-state index is 0.0527. The first-order chi connectivity index (χ1) is 9.27. The number of nitrogens with zero attached hydrogens (tertiary/aromatic N) is 3. The van der Waals surface area contributed by atoms with E-state index in [4.69, 9.17) is 0 Å². The van der Waals surface area contributed by atoms with E-state index < -0.39 is 0 Å². The van der Waals surface area contributed by atoms with Crippen LogP contribution in [-0.2, 0) is 7.05 Å². The van der Waals surface area contributed by atoms with Crippen molar-refractivity contribution < 1.29 is 4.79 Å². The number of amides is 1. The maximum atomic E-state index is 12.5. The number of likely N-dealkylation sites (tertiary alicyclic amines) is 1. The fourth-order valence-electron chi connectivity index (χ4n) is 2.59. The van der Waals surface area contributed by atoms with E-state index in [0.29, 0.717) is 5.69 Å². The smallest absolute Gasteiger partial charge is 0.274 e. The average molecular weight is 255 g/mol. The maximum absolute atomic E-state index is 12.5. The highest BCUT2D eigenvalue weighted by Gasteiger charge is 2.25. The van der Waals surface area contributed by atoms with Gasteiger partial charge in [0.2, 0.25) is 0 Å². The number of imidazole rings is 1. The highest BCUT2D eigenvalue weighted by Crippen LogP contribution is 2.24. The third kappa shape index (κ3) is 2.14. The number of benzene rings is 1. The maximum Gasteiger partial charge on any atom is 0.274 e. The quantitative estimate of drug-likeness (QED) is 0.826. The summed E-state index contributed by atoms with van der Waals surface area (Å²) in [4.78, 5) is 18.7. The second-order valence-corrected chi connectivity index (χ2v) is 4.92. The van der Waals surface area contributed by atoms with Crippen LogP contribution in [0, 0.1) is 0 Å². The summed E-state index contributed by atoms with van der Waals surface area (Å²) in [5, 5.41) is 0. The summed E-state index contributed by atoms with van der Waals surface area (Å²) in [6.45, 7) is 1.70. The predicted octanol–water partition coefficient (Wildman–Crippen LogP) is 2.32. The van der Waals surface area contributed by atoms with E-state index >= 15 is 0 Å². The molecule has 2 aromatic rings. The lowest BCUT2D eigenvalue weighted by atomic mass is 10.1. The Hall–Kier alpha value is -2.10. The predicted molar refractivity (Wildman–Crippen MR) is 73.8 cm³/mol. The van der Waals surface area contributed by atoms with Gasteiger partial charge >= 0.3 is 0 Å². The van der Waals surface area contributed by atoms with Crippen LogP contribution in [0.15, 0.2) is 36.7 Å². The van der Waals surface area contributed by atoms with Crippen molar-refractivity contribution in [3.05, 3.63) is 42.4 Å². The number of aryl methyl sites for hydroxylation is 1. The van der Waals surface area contributed by atoms with Gasteiger partial charge in [-0.3, -0.25) is 4.79 Å². The number of hydrogen-bond donors (Lipinski definition) is 0. The Labute approximate surface area is 112 Å². The molecule has 0 saturated carbocycles. The Kier molecular flexibility index (Phi) is 3.07. The summed E-state index contributed by atoms with van der Waals surface area (Å²) in [5.74, 6) is 0.0527. The van der Waals surface area contributed by atoms with Crippen molar-refractivity contribution >= 4 is 5.91 Å². The fourth-order valence-corrected chi connectivity index (χ4v) is 2.59. The molecule has 1 fully saturated rings. The van der Waals surface area contributed by atoms with E-state index in [1.165, 1.54) is 0 Å². The second-order valence-electron chi connectivity index (χ2n) is 4.92. The molecule has 0 spiro atoms. The van der Waals surface area contributed by atoms with Gasteiger partial charge in [0.25, 0.3) is 5.91 Å². The summed E-state index contributed by atoms with van der Waals surface area (Å²) < 4.78 is 1.92. The minimum atomic E-state index is 0.0527. The van der Waals surface area contributed by atoms with Gasteiger partial charge in [0.15, 0.2) is 5.69 Å². The van der Waals surface area contributed by atoms with Crippen LogP contribution in [-0.4, -0.2) is 33.4 Å². The highest BCUT2D eigenvalue weighted by atomic mass is 16.2. The van der Waals surface area contributed by atoms with Gasteiger partial charge in [-0.2, -0.15) is 0 Å². The van der Waals surface area contributed by atoms with Gasteiger partial charge in [0, 0.05) is 25.7 Å². The van der Waals surface area contributed by atoms with Crippen molar-refractivity contribution in [1.82, 2.24) is 14.5 Å². The molecule has 0 atom stereocenters. The molecule has 1 amide bonds. The van der Waals surface area contributed by atoms with Gasteiger partial charge in [-0.1, -0.05) is 30.3 Å². The van der Waals surface area contributed by atoms with Crippen LogP contribution >= 0.6 is 0 Å². The molecule has 0 N–H and O–H groups in total. The molecule has 19 heavy (non-hydrogen) atoms. The van der Waals surface area contributed by atoms with Gasteiger partial charge in [-0.05, 0) is 12.8 Å². The zero-order chi connectivity index (χ0) is 13.2. The van der Waals surface area contributed by atoms with Crippen molar-refractivity contribution in [3.8, 4) is 11.3 Å². The van der Waals surface area contributed by atoms with Crippen molar-refractivity contribution in [2.45, 2.75) is 12.8 Å². The highest BCUT2D eigenvalue weighted by molar-refractivity contribution is 5.98. The monoisotopic (exact) mass is 255 g/mol. The number of carbonyl (C=O) groups excluding carboxylic acids is 1. The molecule has 1 aromatic carbocycles. The van der Waals surface area contributed by atoms with E-state index in [-0.39, 0.29) is 5.91 Å². The van der Waals surface area contributed by atoms with E-state index in [1.54, 1.807) is 6.33 Å². The third-order valence-electron chi connectivity index (χ3n) is 3.58. The van der Waals surface area contributed by atoms with Gasteiger partial charge in [-0.15, -0.1) is 0 Å². The summed E-state index contributed by atoms with van der Waals surface area (Å²) in [6.07, 6.45) is 3.91. The summed E-state index contributed by atoms with van der Waals surface area (Å²) >= 11 is 0. The van der Waals surface area contributed by atoms with E-state index in [9.17, 15) is 4.79 Å². The average Bonchev–Trinajstić information content (AvgIpc) is 3.08. The molecule has 3 rings (SSSR count). The molecule has 0 bridgehead atoms. The van der Waals surface area contributed by atoms with E-state index in [2.05, 4.69) is 4.98 Å². The van der Waals surface area contributed by atoms with Gasteiger partial charge in [0.05, 0.1) is 12.0 Å². The second kappa shape index (κ2) is 4.88. The van der Waals surface area contributed by atoms with Crippen molar-refractivity contribution in [3.63, 3.8) is 0 Å². The standard InChI is InChI=1S/C15H17N3O/c1-17-11-16-13(15(19)18-9-5-6-10-18)14(17)12-7-3-2-4-8-12/h2-4,7-8,11H,5-6,9-10H2,1H3. The molecule has 1 aliphatic heterocycles. The zero-order valence-electron chi connectivity index (χ0n) is 11.0. The first-order valence-electron chi connectivity index (χ1n) is 6.63. The molecule has 1 saturated heterocycles. The lowest BCUT2D eigenvalue weighted by Crippen LogP contribution is -2.28. The Balaban J connectivity index is 2.01.